The maximum Gasteiger partial charge on any atom is 0.417 e. The highest BCUT2D eigenvalue weighted by atomic mass is 32.2. The summed E-state index contributed by atoms with van der Waals surface area (Å²) in [6.07, 6.45) is -0.795. The molecule has 0 bridgehead atoms. The van der Waals surface area contributed by atoms with Crippen LogP contribution in [-0.2, 0) is 19.6 Å². The lowest BCUT2D eigenvalue weighted by atomic mass is 10.1. The van der Waals surface area contributed by atoms with Crippen molar-refractivity contribution in [1.82, 2.24) is 18.4 Å². The third-order valence-corrected chi connectivity index (χ3v) is 6.29. The summed E-state index contributed by atoms with van der Waals surface area (Å²) in [6, 6.07) is 12.5. The molecule has 1 atom stereocenters. The molecule has 144 valence electrons. The molecule has 0 spiro atoms. The molecular formula is C17H14N4O5S2. The Bertz CT molecular complexity index is 1130. The fourth-order valence-corrected chi connectivity index (χ4v) is 4.87. The van der Waals surface area contributed by atoms with Crippen LogP contribution in [0.4, 0.5) is 4.79 Å². The number of amides is 2. The van der Waals surface area contributed by atoms with E-state index in [9.17, 15) is 18.0 Å². The predicted octanol–water partition coefficient (Wildman–Crippen LogP) is 1.69. The van der Waals surface area contributed by atoms with E-state index in [0.717, 1.165) is 16.6 Å². The highest BCUT2D eigenvalue weighted by Gasteiger charge is 2.35. The van der Waals surface area contributed by atoms with Gasteiger partial charge in [-0.2, -0.15) is 8.75 Å². The highest BCUT2D eigenvalue weighted by Crippen LogP contribution is 2.24. The van der Waals surface area contributed by atoms with Gasteiger partial charge in [0.05, 0.1) is 24.3 Å². The maximum atomic E-state index is 13.1. The van der Waals surface area contributed by atoms with Crippen LogP contribution in [0.1, 0.15) is 11.6 Å². The highest BCUT2D eigenvalue weighted by molar-refractivity contribution is 7.89. The van der Waals surface area contributed by atoms with Gasteiger partial charge in [0.1, 0.15) is 15.9 Å². The molecule has 28 heavy (non-hydrogen) atoms. The number of carbonyl (C=O) groups excluding carboxylic acids is 2. The van der Waals surface area contributed by atoms with Crippen LogP contribution >= 0.6 is 11.7 Å². The van der Waals surface area contributed by atoms with Gasteiger partial charge in [0.25, 0.3) is 5.91 Å². The number of sulfonamides is 1. The van der Waals surface area contributed by atoms with Crippen molar-refractivity contribution >= 4 is 44.8 Å². The summed E-state index contributed by atoms with van der Waals surface area (Å²) in [5, 5.41) is 0. The minimum Gasteiger partial charge on any atom is -0.439 e. The molecule has 1 fully saturated rings. The minimum atomic E-state index is -4.02. The zero-order valence-corrected chi connectivity index (χ0v) is 15.9. The van der Waals surface area contributed by atoms with Crippen LogP contribution in [0.15, 0.2) is 53.4 Å². The lowest BCUT2D eigenvalue weighted by Crippen LogP contribution is -2.40. The molecule has 1 aromatic heterocycles. The summed E-state index contributed by atoms with van der Waals surface area (Å²) in [4.78, 5) is 24.6. The number of hydrogen-bond acceptors (Lipinski definition) is 8. The fraction of sp³-hybridized carbons (Fsp3) is 0.176. The summed E-state index contributed by atoms with van der Waals surface area (Å²) in [7, 11) is -4.02. The van der Waals surface area contributed by atoms with Crippen molar-refractivity contribution in [2.45, 2.75) is 10.9 Å². The second-order valence-electron chi connectivity index (χ2n) is 6.03. The Morgan fingerprint density at radius 1 is 1.11 bits per heavy atom. The van der Waals surface area contributed by atoms with Crippen LogP contribution in [-0.4, -0.2) is 47.2 Å². The molecule has 0 aliphatic carbocycles. The van der Waals surface area contributed by atoms with Gasteiger partial charge in [-0.1, -0.05) is 36.4 Å². The maximum absolute atomic E-state index is 13.1. The number of nitrogens with zero attached hydrogens (tertiary/aromatic N) is 3. The van der Waals surface area contributed by atoms with Crippen molar-refractivity contribution in [3.8, 4) is 0 Å². The van der Waals surface area contributed by atoms with E-state index in [4.69, 9.17) is 4.74 Å². The van der Waals surface area contributed by atoms with Crippen molar-refractivity contribution in [2.75, 3.05) is 13.2 Å². The Hall–Kier alpha value is -2.89. The van der Waals surface area contributed by atoms with E-state index < -0.39 is 28.1 Å². The second-order valence-corrected chi connectivity index (χ2v) is 8.24. The summed E-state index contributed by atoms with van der Waals surface area (Å²) < 4.78 is 41.6. The van der Waals surface area contributed by atoms with Crippen LogP contribution in [0, 0.1) is 0 Å². The van der Waals surface area contributed by atoms with Gasteiger partial charge < -0.3 is 4.74 Å². The Balaban J connectivity index is 1.70. The fourth-order valence-electron chi connectivity index (χ4n) is 2.89. The van der Waals surface area contributed by atoms with Gasteiger partial charge in [-0.25, -0.2) is 22.8 Å². The molecule has 3 aromatic rings. The SMILES string of the molecule is O=C1COC(=O)N1C[C@H](NS(=O)(=O)c1cccc2nsnc12)c1ccccc1. The van der Waals surface area contributed by atoms with E-state index in [0.29, 0.717) is 11.1 Å². The van der Waals surface area contributed by atoms with E-state index in [-0.39, 0.29) is 23.6 Å². The average Bonchev–Trinajstić information content (AvgIpc) is 3.29. The number of rotatable bonds is 6. The summed E-state index contributed by atoms with van der Waals surface area (Å²) in [5.74, 6) is -0.518. The van der Waals surface area contributed by atoms with Gasteiger partial charge in [-0.15, -0.1) is 0 Å². The first kappa shape index (κ1) is 18.5. The molecular weight excluding hydrogens is 404 g/mol. The van der Waals surface area contributed by atoms with Crippen molar-refractivity contribution in [1.29, 1.82) is 0 Å². The number of cyclic esters (lactones) is 1. The first-order chi connectivity index (χ1) is 13.5. The zero-order chi connectivity index (χ0) is 19.7. The quantitative estimate of drug-likeness (QED) is 0.647. The molecule has 2 amide bonds. The van der Waals surface area contributed by atoms with E-state index in [1.54, 1.807) is 42.5 Å². The lowest BCUT2D eigenvalue weighted by Gasteiger charge is -2.22. The Labute approximate surface area is 164 Å². The predicted molar refractivity (Wildman–Crippen MR) is 100.0 cm³/mol. The molecule has 9 nitrogen and oxygen atoms in total. The molecule has 1 aliphatic heterocycles. The van der Waals surface area contributed by atoms with Crippen LogP contribution in [0.2, 0.25) is 0 Å². The Kier molecular flexibility index (Phi) is 4.79. The molecule has 2 heterocycles. The molecule has 0 saturated carbocycles. The van der Waals surface area contributed by atoms with E-state index in [1.165, 1.54) is 6.07 Å². The molecule has 1 saturated heterocycles. The number of benzene rings is 2. The Morgan fingerprint density at radius 2 is 1.89 bits per heavy atom. The zero-order valence-electron chi connectivity index (χ0n) is 14.3. The number of aromatic nitrogens is 2. The van der Waals surface area contributed by atoms with Crippen molar-refractivity contribution < 1.29 is 22.7 Å². The van der Waals surface area contributed by atoms with Crippen molar-refractivity contribution in [2.24, 2.45) is 0 Å². The van der Waals surface area contributed by atoms with Gasteiger partial charge in [-0.05, 0) is 17.7 Å². The van der Waals surface area contributed by atoms with Crippen LogP contribution < -0.4 is 4.72 Å². The third kappa shape index (κ3) is 3.46. The molecule has 1 N–H and O–H groups in total. The summed E-state index contributed by atoms with van der Waals surface area (Å²) >= 11 is 0.919. The molecule has 0 unspecified atom stereocenters. The first-order valence-electron chi connectivity index (χ1n) is 8.21. The number of ether oxygens (including phenoxy) is 1. The summed E-state index contributed by atoms with van der Waals surface area (Å²) in [5.41, 5.74) is 1.34. The molecule has 11 heteroatoms. The average molecular weight is 418 g/mol. The lowest BCUT2D eigenvalue weighted by molar-refractivity contribution is -0.126. The van der Waals surface area contributed by atoms with Crippen molar-refractivity contribution in [3.05, 3.63) is 54.1 Å². The normalized spacial score (nSPS) is 15.8. The molecule has 4 rings (SSSR count). The number of imide groups is 1. The van der Waals surface area contributed by atoms with E-state index in [2.05, 4.69) is 13.5 Å². The third-order valence-electron chi connectivity index (χ3n) is 4.24. The first-order valence-corrected chi connectivity index (χ1v) is 10.4. The molecule has 2 aromatic carbocycles. The minimum absolute atomic E-state index is 0.0185. The van der Waals surface area contributed by atoms with E-state index in [1.807, 2.05) is 0 Å². The topological polar surface area (TPSA) is 119 Å². The van der Waals surface area contributed by atoms with Gasteiger partial charge >= 0.3 is 6.09 Å². The van der Waals surface area contributed by atoms with Gasteiger partial charge in [0, 0.05) is 0 Å². The van der Waals surface area contributed by atoms with Gasteiger partial charge in [-0.3, -0.25) is 4.79 Å². The van der Waals surface area contributed by atoms with Crippen LogP contribution in [0.3, 0.4) is 0 Å². The smallest absolute Gasteiger partial charge is 0.417 e. The van der Waals surface area contributed by atoms with Crippen LogP contribution in [0.5, 0.6) is 0 Å². The second kappa shape index (κ2) is 7.26. The van der Waals surface area contributed by atoms with E-state index >= 15 is 0 Å². The van der Waals surface area contributed by atoms with Crippen LogP contribution in [0.25, 0.3) is 11.0 Å². The van der Waals surface area contributed by atoms with Gasteiger partial charge in [0.2, 0.25) is 10.0 Å². The molecule has 0 radical (unpaired) electrons. The Morgan fingerprint density at radius 3 is 2.61 bits per heavy atom. The summed E-state index contributed by atoms with van der Waals surface area (Å²) in [6.45, 7) is -0.539. The largest absolute Gasteiger partial charge is 0.439 e. The molecule has 1 aliphatic rings. The number of nitrogens with one attached hydrogen (secondary N) is 1. The standard InChI is InChI=1S/C17H14N4O5S2/c22-15-10-26-17(23)21(15)9-13(11-5-2-1-3-6-11)20-28(24,25)14-8-4-7-12-16(14)19-27-18-12/h1-8,13,20H,9-10H2/t13-/m0/s1. The van der Waals surface area contributed by atoms with Gasteiger partial charge in [0.15, 0.2) is 6.61 Å². The number of fused-ring (bicyclic) bond motifs is 1. The van der Waals surface area contributed by atoms with Crippen molar-refractivity contribution in [3.63, 3.8) is 0 Å². The number of carbonyl (C=O) groups is 2. The number of hydrogen-bond donors (Lipinski definition) is 1. The monoisotopic (exact) mass is 418 g/mol.